The Hall–Kier alpha value is -1.55. The molecule has 0 saturated heterocycles. The van der Waals surface area contributed by atoms with Gasteiger partial charge in [0.2, 0.25) is 0 Å². The zero-order valence-corrected chi connectivity index (χ0v) is 7.64. The number of pyridine rings is 1. The van der Waals surface area contributed by atoms with Crippen LogP contribution in [0.2, 0.25) is 0 Å². The second kappa shape index (κ2) is 4.47. The quantitative estimate of drug-likeness (QED) is 0.523. The summed E-state index contributed by atoms with van der Waals surface area (Å²) in [4.78, 5) is 3.96. The van der Waals surface area contributed by atoms with Crippen LogP contribution in [0.15, 0.2) is 30.7 Å². The highest BCUT2D eigenvalue weighted by Gasteiger charge is 1.96. The molecule has 4 nitrogen and oxygen atoms in total. The van der Waals surface area contributed by atoms with E-state index < -0.39 is 0 Å². The predicted molar refractivity (Wildman–Crippen MR) is 53.0 cm³/mol. The molecule has 4 N–H and O–H groups in total. The number of aromatic nitrogens is 1. The smallest absolute Gasteiger partial charge is 0.0579 e. The third-order valence-corrected chi connectivity index (χ3v) is 1.66. The maximum absolute atomic E-state index is 5.77. The predicted octanol–water partition coefficient (Wildman–Crippen LogP) is 0.534. The number of nitrogens with zero attached hydrogens (tertiary/aromatic N) is 2. The Kier molecular flexibility index (Phi) is 3.28. The molecule has 0 amide bonds. The van der Waals surface area contributed by atoms with E-state index >= 15 is 0 Å². The van der Waals surface area contributed by atoms with Crippen LogP contribution in [0.1, 0.15) is 12.5 Å². The molecular weight excluding hydrogens is 164 g/mol. The van der Waals surface area contributed by atoms with Crippen molar-refractivity contribution in [2.45, 2.75) is 6.92 Å². The van der Waals surface area contributed by atoms with E-state index in [-0.39, 0.29) is 0 Å². The summed E-state index contributed by atoms with van der Waals surface area (Å²) in [5.41, 5.74) is 7.27. The van der Waals surface area contributed by atoms with Crippen molar-refractivity contribution in [2.75, 3.05) is 6.54 Å². The van der Waals surface area contributed by atoms with Gasteiger partial charge in [0.25, 0.3) is 0 Å². The van der Waals surface area contributed by atoms with E-state index in [0.717, 1.165) is 12.1 Å². The first-order chi connectivity index (χ1) is 6.24. The summed E-state index contributed by atoms with van der Waals surface area (Å²) in [5, 5.41) is 1.53. The van der Waals surface area contributed by atoms with Crippen LogP contribution in [0.5, 0.6) is 0 Å². The van der Waals surface area contributed by atoms with Crippen LogP contribution in [0, 0.1) is 0 Å². The summed E-state index contributed by atoms with van der Waals surface area (Å²) in [5.74, 6) is 5.57. The van der Waals surface area contributed by atoms with Gasteiger partial charge in [-0.2, -0.15) is 0 Å². The van der Waals surface area contributed by atoms with Gasteiger partial charge >= 0.3 is 0 Å². The Labute approximate surface area is 77.8 Å². The number of hydrogen-bond acceptors (Lipinski definition) is 4. The maximum Gasteiger partial charge on any atom is 0.0579 e. The Bertz CT molecular complexity index is 281. The Balaban J connectivity index is 2.79. The Morgan fingerprint density at radius 1 is 1.69 bits per heavy atom. The molecular formula is C9H14N4. The molecule has 0 atom stereocenters. The van der Waals surface area contributed by atoms with Gasteiger partial charge in [0, 0.05) is 30.7 Å². The topological polar surface area (TPSA) is 68.2 Å². The van der Waals surface area contributed by atoms with Crippen LogP contribution >= 0.6 is 0 Å². The highest BCUT2D eigenvalue weighted by molar-refractivity contribution is 5.60. The number of hydrogen-bond donors (Lipinski definition) is 2. The molecule has 0 saturated carbocycles. The van der Waals surface area contributed by atoms with Crippen LogP contribution in [0.4, 0.5) is 0 Å². The molecule has 1 aromatic rings. The third kappa shape index (κ3) is 2.76. The van der Waals surface area contributed by atoms with E-state index in [0.29, 0.717) is 5.70 Å². The van der Waals surface area contributed by atoms with Gasteiger partial charge < -0.3 is 10.7 Å². The molecule has 0 aliphatic carbocycles. The van der Waals surface area contributed by atoms with Gasteiger partial charge in [-0.1, -0.05) is 0 Å². The molecule has 0 bridgehead atoms. The zero-order chi connectivity index (χ0) is 9.68. The summed E-state index contributed by atoms with van der Waals surface area (Å²) in [7, 11) is 0. The molecule has 0 aromatic carbocycles. The van der Waals surface area contributed by atoms with Crippen LogP contribution in [0.25, 0.3) is 5.70 Å². The summed E-state index contributed by atoms with van der Waals surface area (Å²) in [6, 6.07) is 3.73. The number of hydrazine groups is 1. The van der Waals surface area contributed by atoms with Gasteiger partial charge in [-0.15, -0.1) is 0 Å². The molecule has 0 aliphatic heterocycles. The van der Waals surface area contributed by atoms with Gasteiger partial charge in [0.05, 0.1) is 5.70 Å². The second-order valence-corrected chi connectivity index (χ2v) is 2.66. The van der Waals surface area contributed by atoms with Crippen molar-refractivity contribution in [1.29, 1.82) is 0 Å². The Morgan fingerprint density at radius 3 is 3.00 bits per heavy atom. The van der Waals surface area contributed by atoms with Crippen molar-refractivity contribution in [3.05, 3.63) is 36.3 Å². The van der Waals surface area contributed by atoms with Gasteiger partial charge in [-0.25, -0.2) is 5.84 Å². The standard InChI is InChI=1S/C9H14N4/c1-2-13(11)7-9(10)8-4-3-5-12-6-8/h3-7H,2,10-11H2,1H3/b9-7-. The second-order valence-electron chi connectivity index (χ2n) is 2.66. The van der Waals surface area contributed by atoms with Crippen molar-refractivity contribution in [3.8, 4) is 0 Å². The minimum absolute atomic E-state index is 0.623. The normalized spacial score (nSPS) is 11.4. The van der Waals surface area contributed by atoms with Gasteiger partial charge in [-0.05, 0) is 19.1 Å². The van der Waals surface area contributed by atoms with E-state index in [4.69, 9.17) is 11.6 Å². The molecule has 0 aliphatic rings. The van der Waals surface area contributed by atoms with E-state index in [1.807, 2.05) is 19.1 Å². The molecule has 1 rings (SSSR count). The molecule has 4 heteroatoms. The fourth-order valence-electron chi connectivity index (χ4n) is 0.878. The van der Waals surface area contributed by atoms with Crippen molar-refractivity contribution in [1.82, 2.24) is 9.99 Å². The van der Waals surface area contributed by atoms with E-state index in [1.54, 1.807) is 18.6 Å². The number of nitrogens with two attached hydrogens (primary N) is 2. The minimum Gasteiger partial charge on any atom is -0.397 e. The lowest BCUT2D eigenvalue weighted by molar-refractivity contribution is 0.418. The summed E-state index contributed by atoms with van der Waals surface area (Å²) in [6.07, 6.45) is 5.10. The first-order valence-electron chi connectivity index (χ1n) is 4.13. The number of rotatable bonds is 3. The van der Waals surface area contributed by atoms with Gasteiger partial charge in [-0.3, -0.25) is 4.98 Å². The van der Waals surface area contributed by atoms with Gasteiger partial charge in [0.1, 0.15) is 0 Å². The molecule has 1 aromatic heterocycles. The lowest BCUT2D eigenvalue weighted by atomic mass is 10.2. The van der Waals surface area contributed by atoms with Crippen LogP contribution in [-0.4, -0.2) is 16.5 Å². The first kappa shape index (κ1) is 9.54. The average molecular weight is 178 g/mol. The highest BCUT2D eigenvalue weighted by atomic mass is 15.4. The SMILES string of the molecule is CCN(N)/C=C(\N)c1cccnc1. The monoisotopic (exact) mass is 178 g/mol. The molecule has 0 radical (unpaired) electrons. The summed E-state index contributed by atoms with van der Waals surface area (Å²) < 4.78 is 0. The van der Waals surface area contributed by atoms with E-state index in [2.05, 4.69) is 4.98 Å². The van der Waals surface area contributed by atoms with Crippen LogP contribution in [-0.2, 0) is 0 Å². The summed E-state index contributed by atoms with van der Waals surface area (Å²) >= 11 is 0. The third-order valence-electron chi connectivity index (χ3n) is 1.66. The summed E-state index contributed by atoms with van der Waals surface area (Å²) in [6.45, 7) is 2.67. The molecule has 1 heterocycles. The molecule has 0 spiro atoms. The molecule has 0 unspecified atom stereocenters. The fourth-order valence-corrected chi connectivity index (χ4v) is 0.878. The van der Waals surface area contributed by atoms with Crippen molar-refractivity contribution >= 4 is 5.70 Å². The first-order valence-corrected chi connectivity index (χ1v) is 4.13. The van der Waals surface area contributed by atoms with Crippen molar-refractivity contribution < 1.29 is 0 Å². The average Bonchev–Trinajstić information content (AvgIpc) is 2.19. The van der Waals surface area contributed by atoms with Gasteiger partial charge in [0.15, 0.2) is 0 Å². The van der Waals surface area contributed by atoms with Crippen LogP contribution < -0.4 is 11.6 Å². The molecule has 0 fully saturated rings. The lowest BCUT2D eigenvalue weighted by Gasteiger charge is -2.11. The largest absolute Gasteiger partial charge is 0.397 e. The molecule has 13 heavy (non-hydrogen) atoms. The lowest BCUT2D eigenvalue weighted by Crippen LogP contribution is -2.25. The van der Waals surface area contributed by atoms with E-state index in [9.17, 15) is 0 Å². The van der Waals surface area contributed by atoms with Crippen LogP contribution in [0.3, 0.4) is 0 Å². The molecule has 70 valence electrons. The Morgan fingerprint density at radius 2 is 2.46 bits per heavy atom. The zero-order valence-electron chi connectivity index (χ0n) is 7.64. The van der Waals surface area contributed by atoms with Crippen molar-refractivity contribution in [3.63, 3.8) is 0 Å². The maximum atomic E-state index is 5.77. The van der Waals surface area contributed by atoms with E-state index in [1.165, 1.54) is 5.01 Å². The van der Waals surface area contributed by atoms with Crippen molar-refractivity contribution in [2.24, 2.45) is 11.6 Å². The minimum atomic E-state index is 0.623. The fraction of sp³-hybridized carbons (Fsp3) is 0.222. The highest BCUT2D eigenvalue weighted by Crippen LogP contribution is 2.05.